The topological polar surface area (TPSA) is 129 Å². The van der Waals surface area contributed by atoms with Gasteiger partial charge in [-0.2, -0.15) is 15.4 Å². The van der Waals surface area contributed by atoms with E-state index in [1.54, 1.807) is 6.20 Å². The highest BCUT2D eigenvalue weighted by Gasteiger charge is 2.65. The molecule has 0 unspecified atom stereocenters. The number of imide groups is 2. The number of hydrogen-bond acceptors (Lipinski definition) is 6. The lowest BCUT2D eigenvalue weighted by Crippen LogP contribution is -2.83. The molecule has 4 rings (SSSR count). The normalized spacial score (nSPS) is 19.5. The molecule has 34 heavy (non-hydrogen) atoms. The second-order valence-corrected chi connectivity index (χ2v) is 9.18. The fraction of sp³-hybridized carbons (Fsp3) is 0.542. The van der Waals surface area contributed by atoms with Crippen molar-refractivity contribution < 1.29 is 14.4 Å². The fourth-order valence-electron chi connectivity index (χ4n) is 5.43. The van der Waals surface area contributed by atoms with Gasteiger partial charge < -0.3 is 5.32 Å². The number of H-pyrrole nitrogens is 1. The zero-order chi connectivity index (χ0) is 24.0. The van der Waals surface area contributed by atoms with Crippen LogP contribution >= 0.6 is 0 Å². The van der Waals surface area contributed by atoms with E-state index in [0.29, 0.717) is 32.6 Å². The first kappa shape index (κ1) is 24.0. The van der Waals surface area contributed by atoms with Gasteiger partial charge in [-0.25, -0.2) is 4.79 Å². The van der Waals surface area contributed by atoms with Gasteiger partial charge in [-0.3, -0.25) is 24.7 Å². The maximum absolute atomic E-state index is 13.6. The zero-order valence-corrected chi connectivity index (χ0v) is 19.7. The number of aromatic nitrogens is 3. The molecule has 10 heteroatoms. The van der Waals surface area contributed by atoms with Gasteiger partial charge in [0.05, 0.1) is 19.3 Å². The molecule has 2 fully saturated rings. The predicted octanol–water partition coefficient (Wildman–Crippen LogP) is 2.24. The van der Waals surface area contributed by atoms with Crippen molar-refractivity contribution in [1.29, 1.82) is 0 Å². The van der Waals surface area contributed by atoms with E-state index in [1.807, 2.05) is 24.3 Å². The van der Waals surface area contributed by atoms with Gasteiger partial charge in [0, 0.05) is 25.1 Å². The number of benzene rings is 1. The van der Waals surface area contributed by atoms with Crippen LogP contribution in [0.25, 0.3) is 11.3 Å². The van der Waals surface area contributed by atoms with E-state index >= 15 is 0 Å². The zero-order valence-electron chi connectivity index (χ0n) is 19.7. The first-order valence-corrected chi connectivity index (χ1v) is 12.2. The molecule has 4 N–H and O–H groups in total. The van der Waals surface area contributed by atoms with Crippen LogP contribution in [0.2, 0.25) is 0 Å². The predicted molar refractivity (Wildman–Crippen MR) is 129 cm³/mol. The quantitative estimate of drug-likeness (QED) is 0.240. The summed E-state index contributed by atoms with van der Waals surface area (Å²) in [5.41, 5.74) is 1.08. The average Bonchev–Trinajstić information content (AvgIpc) is 3.38. The lowest BCUT2D eigenvalue weighted by Gasteiger charge is -2.53. The molecule has 0 atom stereocenters. The summed E-state index contributed by atoms with van der Waals surface area (Å²) in [6, 6.07) is 7.07. The highest BCUT2D eigenvalue weighted by molar-refractivity contribution is 6.23. The molecule has 0 spiro atoms. The molecule has 2 aromatic rings. The van der Waals surface area contributed by atoms with Gasteiger partial charge in [0.15, 0.2) is 0 Å². The molecule has 2 aliphatic rings. The molecule has 0 saturated carbocycles. The SMILES string of the molecule is CCCCCCCCC1([N+]2(c3ccc(-c4cn[nH]n4)cc3)CCNCC2)C(=O)NC(=O)NC1=O. The van der Waals surface area contributed by atoms with Crippen LogP contribution in [-0.2, 0) is 9.59 Å². The standard InChI is InChI=1S/C24H33N7O3/c1-2-3-4-5-6-7-12-24(21(32)27-23(34)28-22(24)33)31(15-13-25-14-16-31)19-10-8-18(9-11-19)20-17-26-30-29-20/h8-11,17,25H,2-7,12-16H2,1H3,(H2-,26,27,28,29,30,32,33,34)/p+1. The molecule has 0 aliphatic carbocycles. The molecule has 2 aliphatic heterocycles. The maximum Gasteiger partial charge on any atom is 0.328 e. The number of quaternary nitrogens is 1. The van der Waals surface area contributed by atoms with E-state index < -0.39 is 23.4 Å². The van der Waals surface area contributed by atoms with Crippen LogP contribution in [0.3, 0.4) is 0 Å². The van der Waals surface area contributed by atoms with Gasteiger partial charge >= 0.3 is 6.03 Å². The number of piperazine rings is 1. The average molecular weight is 469 g/mol. The van der Waals surface area contributed by atoms with Crippen LogP contribution in [-0.4, -0.2) is 65.0 Å². The summed E-state index contributed by atoms with van der Waals surface area (Å²) in [7, 11) is 0. The van der Waals surface area contributed by atoms with Gasteiger partial charge in [-0.05, 0) is 30.7 Å². The Morgan fingerprint density at radius 1 is 0.912 bits per heavy atom. The Labute approximate surface area is 199 Å². The first-order valence-electron chi connectivity index (χ1n) is 12.2. The van der Waals surface area contributed by atoms with Gasteiger partial charge in [-0.1, -0.05) is 39.0 Å². The minimum Gasteiger partial charge on any atom is -0.306 e. The van der Waals surface area contributed by atoms with Gasteiger partial charge in [-0.15, -0.1) is 0 Å². The van der Waals surface area contributed by atoms with Crippen LogP contribution in [0.15, 0.2) is 30.5 Å². The van der Waals surface area contributed by atoms with E-state index in [9.17, 15) is 14.4 Å². The lowest BCUT2D eigenvalue weighted by molar-refractivity contribution is -0.148. The van der Waals surface area contributed by atoms with Crippen LogP contribution in [0.5, 0.6) is 0 Å². The van der Waals surface area contributed by atoms with Crippen molar-refractivity contribution in [3.05, 3.63) is 30.5 Å². The number of barbiturate groups is 1. The molecule has 0 radical (unpaired) electrons. The Hall–Kier alpha value is -3.11. The molecular weight excluding hydrogens is 434 g/mol. The lowest BCUT2D eigenvalue weighted by atomic mass is 9.82. The van der Waals surface area contributed by atoms with Crippen LogP contribution in [0.4, 0.5) is 10.5 Å². The van der Waals surface area contributed by atoms with Gasteiger partial charge in [0.1, 0.15) is 11.4 Å². The van der Waals surface area contributed by atoms with Crippen LogP contribution in [0.1, 0.15) is 51.9 Å². The molecule has 182 valence electrons. The minimum absolute atomic E-state index is 0.180. The Balaban J connectivity index is 1.71. The Morgan fingerprint density at radius 2 is 1.56 bits per heavy atom. The summed E-state index contributed by atoms with van der Waals surface area (Å²) in [5.74, 6) is -1.01. The third kappa shape index (κ3) is 4.35. The second kappa shape index (κ2) is 10.4. The molecular formula is C24H34N7O3+. The van der Waals surface area contributed by atoms with E-state index in [2.05, 4.69) is 38.3 Å². The smallest absolute Gasteiger partial charge is 0.306 e. The second-order valence-electron chi connectivity index (χ2n) is 9.18. The van der Waals surface area contributed by atoms with Crippen LogP contribution in [0, 0.1) is 0 Å². The Kier molecular flexibility index (Phi) is 7.38. The highest BCUT2D eigenvalue weighted by atomic mass is 16.2. The fourth-order valence-corrected chi connectivity index (χ4v) is 5.43. The van der Waals surface area contributed by atoms with E-state index in [1.165, 1.54) is 6.42 Å². The third-order valence-corrected chi connectivity index (χ3v) is 7.24. The number of nitrogens with zero attached hydrogens (tertiary/aromatic N) is 3. The summed E-state index contributed by atoms with van der Waals surface area (Å²) in [5, 5.41) is 18.8. The number of carbonyl (C=O) groups excluding carboxylic acids is 3. The van der Waals surface area contributed by atoms with Crippen LogP contribution < -0.4 is 20.4 Å². The first-order chi connectivity index (χ1) is 16.5. The van der Waals surface area contributed by atoms with Gasteiger partial charge in [0.25, 0.3) is 17.4 Å². The molecule has 2 saturated heterocycles. The molecule has 4 amide bonds. The molecule has 10 nitrogen and oxygen atoms in total. The number of aromatic amines is 1. The summed E-state index contributed by atoms with van der Waals surface area (Å²) < 4.78 is 0.180. The van der Waals surface area contributed by atoms with Crippen molar-refractivity contribution in [2.45, 2.75) is 57.4 Å². The third-order valence-electron chi connectivity index (χ3n) is 7.24. The van der Waals surface area contributed by atoms with Crippen molar-refractivity contribution in [1.82, 2.24) is 35.8 Å². The van der Waals surface area contributed by atoms with Crippen molar-refractivity contribution >= 4 is 23.5 Å². The monoisotopic (exact) mass is 468 g/mol. The molecule has 1 aromatic carbocycles. The Morgan fingerprint density at radius 3 is 2.18 bits per heavy atom. The number of rotatable bonds is 10. The van der Waals surface area contributed by atoms with E-state index in [4.69, 9.17) is 0 Å². The largest absolute Gasteiger partial charge is 0.328 e. The number of amides is 4. The molecule has 1 aromatic heterocycles. The number of carbonyl (C=O) groups is 3. The highest BCUT2D eigenvalue weighted by Crippen LogP contribution is 2.40. The number of hydrogen-bond donors (Lipinski definition) is 4. The molecule has 3 heterocycles. The van der Waals surface area contributed by atoms with Crippen molar-refractivity contribution in [2.75, 3.05) is 26.2 Å². The summed E-state index contributed by atoms with van der Waals surface area (Å²) in [6.45, 7) is 4.63. The van der Waals surface area contributed by atoms with E-state index in [-0.39, 0.29) is 4.48 Å². The summed E-state index contributed by atoms with van der Waals surface area (Å²) in [6.07, 6.45) is 8.28. The molecule has 0 bridgehead atoms. The van der Waals surface area contributed by atoms with Crippen molar-refractivity contribution in [2.24, 2.45) is 0 Å². The number of unbranched alkanes of at least 4 members (excludes halogenated alkanes) is 5. The van der Waals surface area contributed by atoms with Crippen molar-refractivity contribution in [3.63, 3.8) is 0 Å². The maximum atomic E-state index is 13.6. The van der Waals surface area contributed by atoms with E-state index in [0.717, 1.165) is 49.0 Å². The Bertz CT molecular complexity index is 978. The summed E-state index contributed by atoms with van der Waals surface area (Å²) in [4.78, 5) is 39.2. The minimum atomic E-state index is -1.41. The number of urea groups is 1. The summed E-state index contributed by atoms with van der Waals surface area (Å²) >= 11 is 0. The van der Waals surface area contributed by atoms with Crippen molar-refractivity contribution in [3.8, 4) is 11.3 Å². The van der Waals surface area contributed by atoms with Gasteiger partial charge in [0.2, 0.25) is 0 Å². The number of nitrogens with one attached hydrogen (secondary N) is 4.